The average Bonchev–Trinajstić information content (AvgIpc) is 3.10. The molecular formula is C16H15ClFN5O3. The van der Waals surface area contributed by atoms with Gasteiger partial charge in [-0.15, -0.1) is 0 Å². The van der Waals surface area contributed by atoms with Gasteiger partial charge in [0.1, 0.15) is 12.6 Å². The highest BCUT2D eigenvalue weighted by atomic mass is 35.5. The second-order valence-corrected chi connectivity index (χ2v) is 6.07. The fourth-order valence-corrected chi connectivity index (χ4v) is 2.38. The van der Waals surface area contributed by atoms with Crippen LogP contribution in [0.4, 0.5) is 10.1 Å². The molecule has 2 atom stereocenters. The zero-order valence-corrected chi connectivity index (χ0v) is 14.4. The Balaban J connectivity index is 1.78. The molecule has 3 N–H and O–H groups in total. The summed E-state index contributed by atoms with van der Waals surface area (Å²) in [5, 5.41) is 18.0. The van der Waals surface area contributed by atoms with Gasteiger partial charge in [-0.2, -0.15) is 10.1 Å². The van der Waals surface area contributed by atoms with Crippen molar-refractivity contribution in [1.82, 2.24) is 19.9 Å². The van der Waals surface area contributed by atoms with Crippen LogP contribution in [0, 0.1) is 6.92 Å². The second kappa shape index (κ2) is 7.22. The third-order valence-corrected chi connectivity index (χ3v) is 4.08. The Morgan fingerprint density at radius 2 is 2.08 bits per heavy atom. The van der Waals surface area contributed by atoms with E-state index in [2.05, 4.69) is 15.2 Å². The number of aliphatic hydroxyl groups is 1. The minimum Gasteiger partial charge on any atom is -0.397 e. The topological polar surface area (TPSA) is 120 Å². The zero-order valence-electron chi connectivity index (χ0n) is 13.6. The Bertz CT molecular complexity index is 973. The van der Waals surface area contributed by atoms with Crippen molar-refractivity contribution in [3.63, 3.8) is 0 Å². The molecule has 0 aliphatic carbocycles. The number of nitrogens with zero attached hydrogens (tertiary/aromatic N) is 4. The Morgan fingerprint density at radius 3 is 2.77 bits per heavy atom. The summed E-state index contributed by atoms with van der Waals surface area (Å²) in [6.45, 7) is 1.42. The van der Waals surface area contributed by atoms with Crippen LogP contribution in [0.2, 0.25) is 5.02 Å². The van der Waals surface area contributed by atoms with Gasteiger partial charge < -0.3 is 15.4 Å². The lowest BCUT2D eigenvalue weighted by molar-refractivity contribution is 0.0708. The number of nitrogens with two attached hydrogens (primary N) is 1. The predicted molar refractivity (Wildman–Crippen MR) is 91.3 cm³/mol. The summed E-state index contributed by atoms with van der Waals surface area (Å²) in [6, 6.07) is 6.08. The van der Waals surface area contributed by atoms with E-state index in [1.165, 1.54) is 30.5 Å². The van der Waals surface area contributed by atoms with Gasteiger partial charge >= 0.3 is 0 Å². The van der Waals surface area contributed by atoms with E-state index in [1.54, 1.807) is 6.92 Å². The predicted octanol–water partition coefficient (Wildman–Crippen LogP) is 1.96. The number of rotatable bonds is 5. The van der Waals surface area contributed by atoms with Crippen molar-refractivity contribution in [2.75, 3.05) is 5.73 Å². The van der Waals surface area contributed by atoms with E-state index in [0.717, 1.165) is 4.68 Å². The SMILES string of the molecule is Cc1c(N)cnn(Cc2nc(C(F)[C@H](O)c3ccc(Cl)cc3)no2)c1=O. The van der Waals surface area contributed by atoms with Gasteiger partial charge in [-0.1, -0.05) is 28.9 Å². The van der Waals surface area contributed by atoms with Crippen molar-refractivity contribution in [2.45, 2.75) is 25.7 Å². The fraction of sp³-hybridized carbons (Fsp3) is 0.250. The molecule has 10 heteroatoms. The summed E-state index contributed by atoms with van der Waals surface area (Å²) >= 11 is 5.77. The monoisotopic (exact) mass is 379 g/mol. The minimum absolute atomic E-state index is 0.0234. The highest BCUT2D eigenvalue weighted by molar-refractivity contribution is 6.30. The van der Waals surface area contributed by atoms with Gasteiger partial charge in [-0.3, -0.25) is 4.79 Å². The van der Waals surface area contributed by atoms with Crippen molar-refractivity contribution >= 4 is 17.3 Å². The summed E-state index contributed by atoms with van der Waals surface area (Å²) in [6.07, 6.45) is -2.07. The summed E-state index contributed by atoms with van der Waals surface area (Å²) in [4.78, 5) is 16.0. The molecule has 26 heavy (non-hydrogen) atoms. The molecule has 136 valence electrons. The molecule has 0 fully saturated rings. The molecule has 1 unspecified atom stereocenters. The van der Waals surface area contributed by atoms with Crippen LogP contribution in [0.15, 0.2) is 39.8 Å². The molecule has 8 nitrogen and oxygen atoms in total. The molecule has 2 heterocycles. The molecule has 3 aromatic rings. The molecule has 0 bridgehead atoms. The maximum Gasteiger partial charge on any atom is 0.272 e. The van der Waals surface area contributed by atoms with Gasteiger partial charge in [0.2, 0.25) is 11.7 Å². The molecule has 1 aromatic carbocycles. The van der Waals surface area contributed by atoms with Crippen molar-refractivity contribution in [3.8, 4) is 0 Å². The van der Waals surface area contributed by atoms with Crippen molar-refractivity contribution in [1.29, 1.82) is 0 Å². The van der Waals surface area contributed by atoms with Crippen LogP contribution in [-0.4, -0.2) is 25.0 Å². The summed E-state index contributed by atoms with van der Waals surface area (Å²) in [7, 11) is 0. The van der Waals surface area contributed by atoms with Crippen LogP contribution in [0.25, 0.3) is 0 Å². The Kier molecular flexibility index (Phi) is 5.01. The number of aromatic nitrogens is 4. The standard InChI is InChI=1S/C16H15ClFN5O3/c1-8-11(19)6-20-23(16(8)25)7-12-21-15(22-26-12)13(18)14(24)9-2-4-10(17)5-3-9/h2-6,13-14,24H,7,19H2,1H3/t13?,14-/m1/s1. The first-order valence-electron chi connectivity index (χ1n) is 7.59. The smallest absolute Gasteiger partial charge is 0.272 e. The van der Waals surface area contributed by atoms with Crippen molar-refractivity contribution in [2.24, 2.45) is 0 Å². The van der Waals surface area contributed by atoms with Gasteiger partial charge in [0, 0.05) is 10.6 Å². The van der Waals surface area contributed by atoms with E-state index in [1.807, 2.05) is 0 Å². The molecule has 0 aliphatic heterocycles. The van der Waals surface area contributed by atoms with Gasteiger partial charge in [0.05, 0.1) is 11.9 Å². The summed E-state index contributed by atoms with van der Waals surface area (Å²) in [5.74, 6) is -0.354. The molecule has 0 radical (unpaired) electrons. The van der Waals surface area contributed by atoms with Gasteiger partial charge in [-0.25, -0.2) is 9.07 Å². The van der Waals surface area contributed by atoms with E-state index in [4.69, 9.17) is 21.9 Å². The summed E-state index contributed by atoms with van der Waals surface area (Å²) < 4.78 is 20.5. The van der Waals surface area contributed by atoms with Crippen LogP contribution in [0.3, 0.4) is 0 Å². The van der Waals surface area contributed by atoms with Crippen molar-refractivity contribution in [3.05, 3.63) is 68.7 Å². The lowest BCUT2D eigenvalue weighted by Crippen LogP contribution is -2.26. The molecule has 0 aliphatic rings. The van der Waals surface area contributed by atoms with Gasteiger partial charge in [-0.05, 0) is 24.6 Å². The largest absolute Gasteiger partial charge is 0.397 e. The van der Waals surface area contributed by atoms with E-state index >= 15 is 0 Å². The van der Waals surface area contributed by atoms with Crippen molar-refractivity contribution < 1.29 is 14.0 Å². The molecule has 2 aromatic heterocycles. The van der Waals surface area contributed by atoms with Crippen LogP contribution < -0.4 is 11.3 Å². The Hall–Kier alpha value is -2.78. The molecule has 3 rings (SSSR count). The van der Waals surface area contributed by atoms with Crippen LogP contribution in [0.1, 0.15) is 35.1 Å². The fourth-order valence-electron chi connectivity index (χ4n) is 2.25. The second-order valence-electron chi connectivity index (χ2n) is 5.63. The molecule has 0 saturated carbocycles. The first-order chi connectivity index (χ1) is 12.4. The van der Waals surface area contributed by atoms with Crippen LogP contribution in [-0.2, 0) is 6.54 Å². The zero-order chi connectivity index (χ0) is 18.8. The van der Waals surface area contributed by atoms with E-state index in [-0.39, 0.29) is 23.9 Å². The van der Waals surface area contributed by atoms with E-state index < -0.39 is 17.8 Å². The number of halogens is 2. The number of benzene rings is 1. The normalized spacial score (nSPS) is 13.5. The Labute approximate surface area is 152 Å². The third-order valence-electron chi connectivity index (χ3n) is 3.83. The van der Waals surface area contributed by atoms with Crippen LogP contribution in [0.5, 0.6) is 0 Å². The number of hydrogen-bond donors (Lipinski definition) is 2. The molecule has 0 saturated heterocycles. The number of anilines is 1. The van der Waals surface area contributed by atoms with E-state index in [0.29, 0.717) is 16.1 Å². The first-order valence-corrected chi connectivity index (χ1v) is 7.97. The number of hydrogen-bond acceptors (Lipinski definition) is 7. The number of alkyl halides is 1. The lowest BCUT2D eigenvalue weighted by Gasteiger charge is -2.12. The van der Waals surface area contributed by atoms with Crippen LogP contribution >= 0.6 is 11.6 Å². The third kappa shape index (κ3) is 3.58. The first kappa shape index (κ1) is 18.0. The highest BCUT2D eigenvalue weighted by Gasteiger charge is 2.27. The molecular weight excluding hydrogens is 365 g/mol. The van der Waals surface area contributed by atoms with Gasteiger partial charge in [0.25, 0.3) is 5.56 Å². The van der Waals surface area contributed by atoms with E-state index in [9.17, 15) is 14.3 Å². The average molecular weight is 380 g/mol. The number of nitrogen functional groups attached to an aromatic ring is 1. The Morgan fingerprint density at radius 1 is 1.38 bits per heavy atom. The maximum absolute atomic E-state index is 14.5. The summed E-state index contributed by atoms with van der Waals surface area (Å²) in [5.41, 5.74) is 6.12. The molecule has 0 spiro atoms. The minimum atomic E-state index is -1.91. The molecule has 0 amide bonds. The quantitative estimate of drug-likeness (QED) is 0.695. The maximum atomic E-state index is 14.5. The lowest BCUT2D eigenvalue weighted by atomic mass is 10.1. The number of aliphatic hydroxyl groups excluding tert-OH is 1. The highest BCUT2D eigenvalue weighted by Crippen LogP contribution is 2.31. The van der Waals surface area contributed by atoms with Gasteiger partial charge in [0.15, 0.2) is 6.17 Å².